The van der Waals surface area contributed by atoms with E-state index in [-0.39, 0.29) is 11.9 Å². The van der Waals surface area contributed by atoms with Crippen LogP contribution in [0.3, 0.4) is 0 Å². The summed E-state index contributed by atoms with van der Waals surface area (Å²) in [6.07, 6.45) is 6.45. The standard InChI is InChI=1S/C24H27N3O2/c1-17-8-6-7-11-22(17)25-24(28)21-16-27(19-9-4-3-5-10-19)26-23(21)18-12-14-20(29-2)15-13-18/h3-5,9-10,12-17,22H,6-8,11H2,1-2H3,(H,25,28)/t17-,22-/m0/s1. The lowest BCUT2D eigenvalue weighted by Crippen LogP contribution is -2.41. The molecule has 1 fully saturated rings. The molecule has 1 amide bonds. The van der Waals surface area contributed by atoms with E-state index < -0.39 is 0 Å². The summed E-state index contributed by atoms with van der Waals surface area (Å²) in [5.74, 6) is 1.22. The molecule has 1 N–H and O–H groups in total. The zero-order valence-corrected chi connectivity index (χ0v) is 17.0. The number of hydrogen-bond acceptors (Lipinski definition) is 3. The van der Waals surface area contributed by atoms with E-state index in [9.17, 15) is 4.79 Å². The molecule has 4 rings (SSSR count). The highest BCUT2D eigenvalue weighted by Crippen LogP contribution is 2.28. The number of nitrogens with one attached hydrogen (secondary N) is 1. The van der Waals surface area contributed by atoms with Crippen LogP contribution in [0, 0.1) is 5.92 Å². The predicted octanol–water partition coefficient (Wildman–Crippen LogP) is 4.86. The number of benzene rings is 2. The Hall–Kier alpha value is -3.08. The molecule has 2 aromatic carbocycles. The summed E-state index contributed by atoms with van der Waals surface area (Å²) in [7, 11) is 1.64. The third-order valence-electron chi connectivity index (χ3n) is 5.77. The van der Waals surface area contributed by atoms with Crippen LogP contribution in [0.2, 0.25) is 0 Å². The zero-order valence-electron chi connectivity index (χ0n) is 17.0. The molecule has 1 aliphatic carbocycles. The lowest BCUT2D eigenvalue weighted by molar-refractivity contribution is 0.0911. The molecule has 0 spiro atoms. The first-order valence-electron chi connectivity index (χ1n) is 10.3. The quantitative estimate of drug-likeness (QED) is 0.678. The summed E-state index contributed by atoms with van der Waals surface area (Å²) < 4.78 is 7.04. The number of rotatable bonds is 5. The minimum atomic E-state index is -0.0586. The number of ether oxygens (including phenoxy) is 1. The molecule has 0 bridgehead atoms. The number of nitrogens with zero attached hydrogens (tertiary/aromatic N) is 2. The van der Waals surface area contributed by atoms with Gasteiger partial charge >= 0.3 is 0 Å². The molecule has 150 valence electrons. The second kappa shape index (κ2) is 8.52. The van der Waals surface area contributed by atoms with Gasteiger partial charge < -0.3 is 10.1 Å². The molecule has 0 unspecified atom stereocenters. The number of carbonyl (C=O) groups is 1. The topological polar surface area (TPSA) is 56.2 Å². The van der Waals surface area contributed by atoms with Crippen LogP contribution in [0.1, 0.15) is 43.0 Å². The molecule has 1 heterocycles. The molecule has 3 aromatic rings. The second-order valence-corrected chi connectivity index (χ2v) is 7.74. The molecular formula is C24H27N3O2. The van der Waals surface area contributed by atoms with Crippen molar-refractivity contribution in [1.29, 1.82) is 0 Å². The van der Waals surface area contributed by atoms with Crippen molar-refractivity contribution in [2.75, 3.05) is 7.11 Å². The highest BCUT2D eigenvalue weighted by atomic mass is 16.5. The fourth-order valence-corrected chi connectivity index (χ4v) is 3.99. The Bertz CT molecular complexity index is 964. The summed E-state index contributed by atoms with van der Waals surface area (Å²) in [5.41, 5.74) is 3.09. The van der Waals surface area contributed by atoms with Crippen LogP contribution in [0.25, 0.3) is 16.9 Å². The normalized spacial score (nSPS) is 19.0. The van der Waals surface area contributed by atoms with Gasteiger partial charge in [-0.2, -0.15) is 5.10 Å². The summed E-state index contributed by atoms with van der Waals surface area (Å²) in [5, 5.41) is 8.02. The molecular weight excluding hydrogens is 362 g/mol. The van der Waals surface area contributed by atoms with E-state index >= 15 is 0 Å². The molecule has 0 aliphatic heterocycles. The third-order valence-corrected chi connectivity index (χ3v) is 5.77. The smallest absolute Gasteiger partial charge is 0.255 e. The number of aromatic nitrogens is 2. The lowest BCUT2D eigenvalue weighted by atomic mass is 9.86. The molecule has 0 saturated heterocycles. The van der Waals surface area contributed by atoms with Crippen molar-refractivity contribution in [3.63, 3.8) is 0 Å². The van der Waals surface area contributed by atoms with Crippen LogP contribution in [-0.2, 0) is 0 Å². The van der Waals surface area contributed by atoms with E-state index in [0.717, 1.165) is 23.4 Å². The van der Waals surface area contributed by atoms with E-state index in [1.807, 2.05) is 60.8 Å². The van der Waals surface area contributed by atoms with E-state index in [0.29, 0.717) is 17.2 Å². The van der Waals surface area contributed by atoms with Gasteiger partial charge in [-0.25, -0.2) is 4.68 Å². The summed E-state index contributed by atoms with van der Waals surface area (Å²) in [6, 6.07) is 17.7. The van der Waals surface area contributed by atoms with E-state index in [1.165, 1.54) is 19.3 Å². The summed E-state index contributed by atoms with van der Waals surface area (Å²) in [4.78, 5) is 13.2. The van der Waals surface area contributed by atoms with Crippen LogP contribution in [0.5, 0.6) is 5.75 Å². The van der Waals surface area contributed by atoms with Gasteiger partial charge in [0.05, 0.1) is 18.4 Å². The van der Waals surface area contributed by atoms with Crippen molar-refractivity contribution in [2.24, 2.45) is 5.92 Å². The van der Waals surface area contributed by atoms with Crippen LogP contribution in [-0.4, -0.2) is 28.8 Å². The Morgan fingerprint density at radius 3 is 2.48 bits per heavy atom. The highest BCUT2D eigenvalue weighted by molar-refractivity contribution is 6.00. The first kappa shape index (κ1) is 19.2. The molecule has 0 radical (unpaired) electrons. The van der Waals surface area contributed by atoms with Crippen LogP contribution >= 0.6 is 0 Å². The van der Waals surface area contributed by atoms with Gasteiger partial charge in [-0.05, 0) is 55.2 Å². The van der Waals surface area contributed by atoms with Gasteiger partial charge in [0.1, 0.15) is 11.4 Å². The number of carbonyl (C=O) groups excluding carboxylic acids is 1. The fraction of sp³-hybridized carbons (Fsp3) is 0.333. The molecule has 5 nitrogen and oxygen atoms in total. The number of para-hydroxylation sites is 1. The van der Waals surface area contributed by atoms with Gasteiger partial charge in [-0.3, -0.25) is 4.79 Å². The van der Waals surface area contributed by atoms with Crippen LogP contribution < -0.4 is 10.1 Å². The Morgan fingerprint density at radius 2 is 1.79 bits per heavy atom. The van der Waals surface area contributed by atoms with Gasteiger partial charge in [0.25, 0.3) is 5.91 Å². The first-order valence-corrected chi connectivity index (χ1v) is 10.3. The lowest BCUT2D eigenvalue weighted by Gasteiger charge is -2.29. The SMILES string of the molecule is COc1ccc(-c2nn(-c3ccccc3)cc2C(=O)N[C@H]2CCCC[C@@H]2C)cc1. The van der Waals surface area contributed by atoms with E-state index in [4.69, 9.17) is 9.84 Å². The third kappa shape index (κ3) is 4.19. The Morgan fingerprint density at radius 1 is 1.07 bits per heavy atom. The minimum Gasteiger partial charge on any atom is -0.497 e. The fourth-order valence-electron chi connectivity index (χ4n) is 3.99. The molecule has 29 heavy (non-hydrogen) atoms. The van der Waals surface area contributed by atoms with Gasteiger partial charge in [0, 0.05) is 17.8 Å². The molecule has 1 aromatic heterocycles. The second-order valence-electron chi connectivity index (χ2n) is 7.74. The number of amides is 1. The van der Waals surface area contributed by atoms with Crippen LogP contribution in [0.15, 0.2) is 60.8 Å². The first-order chi connectivity index (χ1) is 14.2. The average Bonchev–Trinajstić information content (AvgIpc) is 3.22. The van der Waals surface area contributed by atoms with Gasteiger partial charge in [-0.1, -0.05) is 38.0 Å². The van der Waals surface area contributed by atoms with Crippen molar-refractivity contribution in [1.82, 2.24) is 15.1 Å². The van der Waals surface area contributed by atoms with Gasteiger partial charge in [-0.15, -0.1) is 0 Å². The van der Waals surface area contributed by atoms with Crippen LogP contribution in [0.4, 0.5) is 0 Å². The van der Waals surface area contributed by atoms with Crippen molar-refractivity contribution < 1.29 is 9.53 Å². The highest BCUT2D eigenvalue weighted by Gasteiger charge is 2.26. The maximum absolute atomic E-state index is 13.2. The summed E-state index contributed by atoms with van der Waals surface area (Å²) >= 11 is 0. The Kier molecular flexibility index (Phi) is 5.65. The predicted molar refractivity (Wildman–Crippen MR) is 114 cm³/mol. The molecule has 2 atom stereocenters. The summed E-state index contributed by atoms with van der Waals surface area (Å²) in [6.45, 7) is 2.22. The van der Waals surface area contributed by atoms with Crippen molar-refractivity contribution in [3.8, 4) is 22.7 Å². The zero-order chi connectivity index (χ0) is 20.2. The minimum absolute atomic E-state index is 0.0586. The average molecular weight is 389 g/mol. The molecule has 1 aliphatic rings. The Balaban J connectivity index is 1.70. The Labute approximate surface area is 171 Å². The van der Waals surface area contributed by atoms with Crippen molar-refractivity contribution in [3.05, 3.63) is 66.4 Å². The number of hydrogen-bond donors (Lipinski definition) is 1. The number of methoxy groups -OCH3 is 1. The van der Waals surface area contributed by atoms with E-state index in [1.54, 1.807) is 11.8 Å². The molecule has 1 saturated carbocycles. The maximum atomic E-state index is 13.2. The van der Waals surface area contributed by atoms with E-state index in [2.05, 4.69) is 12.2 Å². The van der Waals surface area contributed by atoms with Gasteiger partial charge in [0.15, 0.2) is 0 Å². The van der Waals surface area contributed by atoms with Crippen molar-refractivity contribution >= 4 is 5.91 Å². The largest absolute Gasteiger partial charge is 0.497 e. The van der Waals surface area contributed by atoms with Crippen molar-refractivity contribution in [2.45, 2.75) is 38.6 Å². The monoisotopic (exact) mass is 389 g/mol. The molecule has 5 heteroatoms. The maximum Gasteiger partial charge on any atom is 0.255 e. The van der Waals surface area contributed by atoms with Gasteiger partial charge in [0.2, 0.25) is 0 Å².